The molecule has 0 spiro atoms. The minimum absolute atomic E-state index is 0.0175. The van der Waals surface area contributed by atoms with Crippen molar-refractivity contribution in [2.24, 2.45) is 0 Å². The Morgan fingerprint density at radius 3 is 2.24 bits per heavy atom. The molecule has 0 heterocycles. The number of carbonyl (C=O) groups excluding carboxylic acids is 1. The zero-order valence-electron chi connectivity index (χ0n) is 12.7. The van der Waals surface area contributed by atoms with Gasteiger partial charge in [0.2, 0.25) is 0 Å². The van der Waals surface area contributed by atoms with Crippen LogP contribution >= 0.6 is 15.9 Å². The summed E-state index contributed by atoms with van der Waals surface area (Å²) in [7, 11) is 0. The molecule has 5 nitrogen and oxygen atoms in total. The van der Waals surface area contributed by atoms with E-state index in [1.54, 1.807) is 13.8 Å². The molecule has 1 aromatic rings. The van der Waals surface area contributed by atoms with Gasteiger partial charge in [-0.2, -0.15) is 0 Å². The van der Waals surface area contributed by atoms with Crippen LogP contribution in [0.2, 0.25) is 0 Å². The first-order chi connectivity index (χ1) is 9.60. The first-order valence-corrected chi connectivity index (χ1v) is 7.48. The summed E-state index contributed by atoms with van der Waals surface area (Å²) in [5.74, 6) is -0.870. The minimum Gasteiger partial charge on any atom is -0.481 e. The molecule has 0 aliphatic heterocycles. The third kappa shape index (κ3) is 5.75. The Morgan fingerprint density at radius 2 is 1.76 bits per heavy atom. The number of rotatable bonds is 5. The monoisotopic (exact) mass is 356 g/mol. The number of benzene rings is 1. The van der Waals surface area contributed by atoms with Gasteiger partial charge in [0.05, 0.1) is 0 Å². The van der Waals surface area contributed by atoms with Crippen LogP contribution in [0.15, 0.2) is 16.6 Å². The van der Waals surface area contributed by atoms with E-state index >= 15 is 0 Å². The highest BCUT2D eigenvalue weighted by Gasteiger charge is 2.22. The average Bonchev–Trinajstić information content (AvgIpc) is 2.31. The topological polar surface area (TPSA) is 78.4 Å². The third-order valence-electron chi connectivity index (χ3n) is 3.15. The first kappa shape index (κ1) is 17.5. The minimum atomic E-state index is -0.870. The van der Waals surface area contributed by atoms with Crippen molar-refractivity contribution in [2.75, 3.05) is 5.32 Å². The number of aryl methyl sites for hydroxylation is 2. The average molecular weight is 357 g/mol. The maximum atomic E-state index is 12.1. The lowest BCUT2D eigenvalue weighted by atomic mass is 9.99. The van der Waals surface area contributed by atoms with Crippen molar-refractivity contribution in [3.05, 3.63) is 27.7 Å². The number of carboxylic acid groups (broad SMARTS) is 1. The number of nitrogens with one attached hydrogen (secondary N) is 2. The molecule has 0 aromatic heterocycles. The summed E-state index contributed by atoms with van der Waals surface area (Å²) in [6, 6.07) is 3.52. The predicted octanol–water partition coefficient (Wildman–Crippen LogP) is 3.83. The van der Waals surface area contributed by atoms with E-state index in [0.29, 0.717) is 6.42 Å². The molecule has 2 amide bonds. The Bertz CT molecular complexity index is 533. The molecule has 0 saturated heterocycles. The van der Waals surface area contributed by atoms with Crippen LogP contribution in [0.25, 0.3) is 0 Å². The number of hydrogen-bond donors (Lipinski definition) is 3. The normalized spacial score (nSPS) is 11.1. The van der Waals surface area contributed by atoms with E-state index in [2.05, 4.69) is 26.6 Å². The quantitative estimate of drug-likeness (QED) is 0.749. The molecule has 0 radical (unpaired) electrons. The number of carbonyl (C=O) groups is 2. The van der Waals surface area contributed by atoms with Crippen molar-refractivity contribution >= 4 is 33.6 Å². The van der Waals surface area contributed by atoms with Gasteiger partial charge in [-0.25, -0.2) is 4.79 Å². The lowest BCUT2D eigenvalue weighted by molar-refractivity contribution is -0.137. The lowest BCUT2D eigenvalue weighted by Gasteiger charge is -2.26. The second-order valence-electron chi connectivity index (χ2n) is 5.77. The fraction of sp³-hybridized carbons (Fsp3) is 0.467. The van der Waals surface area contributed by atoms with E-state index in [-0.39, 0.29) is 12.5 Å². The Hall–Kier alpha value is -1.56. The van der Waals surface area contributed by atoms with Crippen molar-refractivity contribution in [3.8, 4) is 0 Å². The van der Waals surface area contributed by atoms with Gasteiger partial charge in [0.25, 0.3) is 0 Å². The number of hydrogen-bond acceptors (Lipinski definition) is 2. The smallest absolute Gasteiger partial charge is 0.319 e. The van der Waals surface area contributed by atoms with E-state index in [4.69, 9.17) is 5.11 Å². The van der Waals surface area contributed by atoms with E-state index in [0.717, 1.165) is 21.3 Å². The largest absolute Gasteiger partial charge is 0.481 e. The maximum absolute atomic E-state index is 12.1. The summed E-state index contributed by atoms with van der Waals surface area (Å²) in [6.07, 6.45) is 0.387. The van der Waals surface area contributed by atoms with E-state index in [9.17, 15) is 9.59 Å². The van der Waals surface area contributed by atoms with Crippen LogP contribution in [0, 0.1) is 13.8 Å². The van der Waals surface area contributed by atoms with Gasteiger partial charge in [0, 0.05) is 22.1 Å². The maximum Gasteiger partial charge on any atom is 0.319 e. The van der Waals surface area contributed by atoms with Gasteiger partial charge in [-0.15, -0.1) is 0 Å². The Morgan fingerprint density at radius 1 is 1.24 bits per heavy atom. The van der Waals surface area contributed by atoms with Crippen molar-refractivity contribution < 1.29 is 14.7 Å². The number of urea groups is 1. The summed E-state index contributed by atoms with van der Waals surface area (Å²) in [5.41, 5.74) is 2.10. The van der Waals surface area contributed by atoms with Gasteiger partial charge in [0.15, 0.2) is 0 Å². The molecule has 1 aromatic carbocycles. The number of carboxylic acids is 1. The van der Waals surface area contributed by atoms with Crippen molar-refractivity contribution in [1.29, 1.82) is 0 Å². The number of aliphatic carboxylic acids is 1. The zero-order valence-corrected chi connectivity index (χ0v) is 14.3. The molecule has 116 valence electrons. The number of halogens is 1. The predicted molar refractivity (Wildman–Crippen MR) is 86.7 cm³/mol. The molecule has 0 aliphatic carbocycles. The SMILES string of the molecule is Cc1cc(Br)cc(C)c1NC(=O)NC(C)(C)CCC(=O)O. The van der Waals surface area contributed by atoms with Gasteiger partial charge >= 0.3 is 12.0 Å². The van der Waals surface area contributed by atoms with Crippen molar-refractivity contribution in [3.63, 3.8) is 0 Å². The fourth-order valence-electron chi connectivity index (χ4n) is 2.04. The van der Waals surface area contributed by atoms with Crippen molar-refractivity contribution in [1.82, 2.24) is 5.32 Å². The van der Waals surface area contributed by atoms with Gasteiger partial charge in [0.1, 0.15) is 0 Å². The highest BCUT2D eigenvalue weighted by Crippen LogP contribution is 2.25. The van der Waals surface area contributed by atoms with Gasteiger partial charge in [-0.3, -0.25) is 4.79 Å². The second-order valence-corrected chi connectivity index (χ2v) is 6.69. The molecule has 6 heteroatoms. The molecule has 3 N–H and O–H groups in total. The van der Waals surface area contributed by atoms with E-state index < -0.39 is 11.5 Å². The van der Waals surface area contributed by atoms with Crippen LogP contribution < -0.4 is 10.6 Å². The van der Waals surface area contributed by atoms with Gasteiger partial charge in [-0.1, -0.05) is 15.9 Å². The molecule has 0 atom stereocenters. The molecular formula is C15H21BrN2O3. The first-order valence-electron chi connectivity index (χ1n) is 6.68. The molecule has 0 aliphatic rings. The van der Waals surface area contributed by atoms with Crippen LogP contribution in [0.1, 0.15) is 37.8 Å². The highest BCUT2D eigenvalue weighted by atomic mass is 79.9. The molecule has 1 rings (SSSR count). The van der Waals surface area contributed by atoms with Crippen molar-refractivity contribution in [2.45, 2.75) is 46.1 Å². The van der Waals surface area contributed by atoms with E-state index in [1.165, 1.54) is 0 Å². The molecule has 21 heavy (non-hydrogen) atoms. The lowest BCUT2D eigenvalue weighted by Crippen LogP contribution is -2.46. The molecular weight excluding hydrogens is 336 g/mol. The number of anilines is 1. The molecule has 0 unspecified atom stereocenters. The standard InChI is InChI=1S/C15H21BrN2O3/c1-9-7-11(16)8-10(2)13(9)17-14(21)18-15(3,4)6-5-12(19)20/h7-8H,5-6H2,1-4H3,(H,19,20)(H2,17,18,21). The molecule has 0 saturated carbocycles. The Balaban J connectivity index is 2.72. The molecule has 0 bridgehead atoms. The zero-order chi connectivity index (χ0) is 16.2. The van der Waals surface area contributed by atoms with Crippen LogP contribution in [0.4, 0.5) is 10.5 Å². The Labute approximate surface area is 133 Å². The van der Waals surface area contributed by atoms with Gasteiger partial charge < -0.3 is 15.7 Å². The van der Waals surface area contributed by atoms with Crippen LogP contribution in [-0.2, 0) is 4.79 Å². The van der Waals surface area contributed by atoms with Crippen LogP contribution in [-0.4, -0.2) is 22.6 Å². The summed E-state index contributed by atoms with van der Waals surface area (Å²) in [4.78, 5) is 22.7. The summed E-state index contributed by atoms with van der Waals surface area (Å²) < 4.78 is 0.963. The molecule has 0 fully saturated rings. The fourth-order valence-corrected chi connectivity index (χ4v) is 2.73. The summed E-state index contributed by atoms with van der Waals surface area (Å²) >= 11 is 3.41. The third-order valence-corrected chi connectivity index (χ3v) is 3.61. The number of amides is 2. The highest BCUT2D eigenvalue weighted by molar-refractivity contribution is 9.10. The van der Waals surface area contributed by atoms with Crippen LogP contribution in [0.3, 0.4) is 0 Å². The summed E-state index contributed by atoms with van der Waals surface area (Å²) in [6.45, 7) is 7.44. The van der Waals surface area contributed by atoms with Gasteiger partial charge in [-0.05, 0) is 57.4 Å². The van der Waals surface area contributed by atoms with Crippen LogP contribution in [0.5, 0.6) is 0 Å². The summed E-state index contributed by atoms with van der Waals surface area (Å²) in [5, 5.41) is 14.3. The van der Waals surface area contributed by atoms with E-state index in [1.807, 2.05) is 26.0 Å². The Kier molecular flexibility index (Phi) is 5.78. The second kappa shape index (κ2) is 6.93.